The molecule has 1 heterocycles. The first-order chi connectivity index (χ1) is 16.0. The lowest BCUT2D eigenvalue weighted by Crippen LogP contribution is -2.39. The second-order valence-electron chi connectivity index (χ2n) is 7.63. The molecule has 0 fully saturated rings. The van der Waals surface area contributed by atoms with Crippen molar-refractivity contribution in [2.45, 2.75) is 50.3 Å². The van der Waals surface area contributed by atoms with Gasteiger partial charge in [0.15, 0.2) is 11.4 Å². The molecule has 0 amide bonds. The smallest absolute Gasteiger partial charge is 0.476 e. The van der Waals surface area contributed by atoms with Crippen LogP contribution in [0.25, 0.3) is 11.4 Å². The van der Waals surface area contributed by atoms with Crippen molar-refractivity contribution in [1.29, 1.82) is 0 Å². The summed E-state index contributed by atoms with van der Waals surface area (Å²) in [7, 11) is 0. The van der Waals surface area contributed by atoms with Crippen LogP contribution in [0.5, 0.6) is 11.5 Å². The van der Waals surface area contributed by atoms with Gasteiger partial charge in [-0.2, -0.15) is 4.37 Å². The molecule has 0 atom stereocenters. The van der Waals surface area contributed by atoms with Gasteiger partial charge >= 0.3 is 12.3 Å². The zero-order chi connectivity index (χ0) is 24.9. The highest BCUT2D eigenvalue weighted by atomic mass is 32.2. The number of carbonyl (C=O) groups excluding carboxylic acids is 1. The fraction of sp³-hybridized carbons (Fsp3) is 0.348. The van der Waals surface area contributed by atoms with Crippen molar-refractivity contribution in [2.24, 2.45) is 0 Å². The second kappa shape index (κ2) is 10.6. The molecule has 0 saturated heterocycles. The summed E-state index contributed by atoms with van der Waals surface area (Å²) >= 11 is 2.79. The Morgan fingerprint density at radius 1 is 1.09 bits per heavy atom. The van der Waals surface area contributed by atoms with E-state index in [2.05, 4.69) is 14.1 Å². The number of esters is 1. The molecule has 3 aromatic rings. The first-order valence-corrected chi connectivity index (χ1v) is 12.0. The molecular weight excluding hydrogens is 489 g/mol. The fourth-order valence-corrected chi connectivity index (χ4v) is 4.46. The largest absolute Gasteiger partial charge is 0.573 e. The van der Waals surface area contributed by atoms with Crippen LogP contribution in [0.1, 0.15) is 31.3 Å². The predicted octanol–water partition coefficient (Wildman–Crippen LogP) is 6.42. The second-order valence-corrected chi connectivity index (χ2v) is 9.52. The standard InChI is InChI=1S/C23H23F3N2O4S2/c1-5-30-21(29)22(3,4)32-18-11-10-17(12-14(18)2)33-13-19-27-20(28-34-19)15-6-8-16(9-7-15)31-23(24,25)26/h6-12H,5,13H2,1-4H3. The number of aromatic nitrogens is 2. The maximum absolute atomic E-state index is 12.3. The lowest BCUT2D eigenvalue weighted by molar-refractivity contribution is -0.274. The molecule has 0 spiro atoms. The van der Waals surface area contributed by atoms with E-state index < -0.39 is 17.9 Å². The van der Waals surface area contributed by atoms with Gasteiger partial charge in [0.1, 0.15) is 16.5 Å². The molecule has 6 nitrogen and oxygen atoms in total. The van der Waals surface area contributed by atoms with Crippen LogP contribution < -0.4 is 9.47 Å². The van der Waals surface area contributed by atoms with Gasteiger partial charge in [0.25, 0.3) is 0 Å². The van der Waals surface area contributed by atoms with E-state index in [1.54, 1.807) is 32.5 Å². The molecule has 3 rings (SSSR count). The Kier molecular flexibility index (Phi) is 8.09. The van der Waals surface area contributed by atoms with Gasteiger partial charge in [-0.15, -0.1) is 24.9 Å². The summed E-state index contributed by atoms with van der Waals surface area (Å²) in [6, 6.07) is 11.1. The lowest BCUT2D eigenvalue weighted by Gasteiger charge is -2.25. The van der Waals surface area contributed by atoms with Crippen LogP contribution in [0.4, 0.5) is 13.2 Å². The normalized spacial score (nSPS) is 11.9. The van der Waals surface area contributed by atoms with E-state index >= 15 is 0 Å². The van der Waals surface area contributed by atoms with E-state index in [0.717, 1.165) is 15.5 Å². The number of nitrogens with zero attached hydrogens (tertiary/aromatic N) is 2. The summed E-state index contributed by atoms with van der Waals surface area (Å²) in [6.07, 6.45) is -4.73. The van der Waals surface area contributed by atoms with Gasteiger partial charge in [0.05, 0.1) is 12.4 Å². The molecular formula is C23H23F3N2O4S2. The molecule has 0 unspecified atom stereocenters. The van der Waals surface area contributed by atoms with Crippen LogP contribution in [0.2, 0.25) is 0 Å². The maximum Gasteiger partial charge on any atom is 0.573 e. The molecule has 0 N–H and O–H groups in total. The Morgan fingerprint density at radius 3 is 2.41 bits per heavy atom. The van der Waals surface area contributed by atoms with E-state index in [-0.39, 0.29) is 12.4 Å². The van der Waals surface area contributed by atoms with Crippen molar-refractivity contribution in [1.82, 2.24) is 9.36 Å². The van der Waals surface area contributed by atoms with E-state index in [9.17, 15) is 18.0 Å². The molecule has 0 radical (unpaired) electrons. The molecule has 2 aromatic carbocycles. The Bertz CT molecular complexity index is 1130. The summed E-state index contributed by atoms with van der Waals surface area (Å²) in [6.45, 7) is 7.25. The van der Waals surface area contributed by atoms with Gasteiger partial charge in [-0.05, 0) is 87.3 Å². The van der Waals surface area contributed by atoms with Crippen molar-refractivity contribution in [3.05, 3.63) is 53.0 Å². The monoisotopic (exact) mass is 512 g/mol. The van der Waals surface area contributed by atoms with Gasteiger partial charge in [-0.25, -0.2) is 9.78 Å². The van der Waals surface area contributed by atoms with Crippen molar-refractivity contribution in [3.63, 3.8) is 0 Å². The number of halogens is 3. The van der Waals surface area contributed by atoms with Crippen LogP contribution >= 0.6 is 23.3 Å². The van der Waals surface area contributed by atoms with Crippen molar-refractivity contribution < 1.29 is 32.2 Å². The van der Waals surface area contributed by atoms with Crippen LogP contribution in [0.3, 0.4) is 0 Å². The van der Waals surface area contributed by atoms with Crippen LogP contribution in [0.15, 0.2) is 47.4 Å². The number of carbonyl (C=O) groups is 1. The minimum atomic E-state index is -4.73. The zero-order valence-corrected chi connectivity index (χ0v) is 20.6. The molecule has 0 saturated carbocycles. The number of alkyl halides is 3. The van der Waals surface area contributed by atoms with Crippen molar-refractivity contribution in [2.75, 3.05) is 6.61 Å². The first kappa shape index (κ1) is 25.8. The average molecular weight is 513 g/mol. The van der Waals surface area contributed by atoms with Gasteiger partial charge < -0.3 is 14.2 Å². The lowest BCUT2D eigenvalue weighted by atomic mass is 10.1. The quantitative estimate of drug-likeness (QED) is 0.242. The molecule has 0 aliphatic rings. The molecule has 0 bridgehead atoms. The van der Waals surface area contributed by atoms with E-state index in [1.165, 1.54) is 35.8 Å². The Balaban J connectivity index is 1.60. The molecule has 34 heavy (non-hydrogen) atoms. The fourth-order valence-electron chi connectivity index (χ4n) is 2.83. The highest BCUT2D eigenvalue weighted by molar-refractivity contribution is 7.98. The Labute approximate surface area is 203 Å². The van der Waals surface area contributed by atoms with Crippen LogP contribution in [-0.2, 0) is 15.3 Å². The highest BCUT2D eigenvalue weighted by Gasteiger charge is 2.32. The first-order valence-electron chi connectivity index (χ1n) is 10.3. The van der Waals surface area contributed by atoms with Gasteiger partial charge in [0.2, 0.25) is 0 Å². The molecule has 182 valence electrons. The third-order valence-electron chi connectivity index (χ3n) is 4.46. The number of hydrogen-bond donors (Lipinski definition) is 0. The summed E-state index contributed by atoms with van der Waals surface area (Å²) < 4.78 is 56.0. The minimum absolute atomic E-state index is 0.283. The van der Waals surface area contributed by atoms with Crippen molar-refractivity contribution in [3.8, 4) is 22.9 Å². The summed E-state index contributed by atoms with van der Waals surface area (Å²) in [5.41, 5.74) is 0.375. The average Bonchev–Trinajstić information content (AvgIpc) is 3.22. The molecule has 1 aromatic heterocycles. The van der Waals surface area contributed by atoms with Gasteiger partial charge in [0, 0.05) is 10.5 Å². The molecule has 0 aliphatic carbocycles. The number of benzene rings is 2. The van der Waals surface area contributed by atoms with Crippen molar-refractivity contribution >= 4 is 29.3 Å². The molecule has 11 heteroatoms. The molecule has 0 aliphatic heterocycles. The van der Waals surface area contributed by atoms with Crippen LogP contribution in [0, 0.1) is 6.92 Å². The summed E-state index contributed by atoms with van der Waals surface area (Å²) in [4.78, 5) is 17.5. The predicted molar refractivity (Wildman–Crippen MR) is 124 cm³/mol. The minimum Gasteiger partial charge on any atom is -0.476 e. The topological polar surface area (TPSA) is 70.5 Å². The SMILES string of the molecule is CCOC(=O)C(C)(C)Oc1ccc(SCc2nc(-c3ccc(OC(F)(F)F)cc3)ns2)cc1C. The van der Waals surface area contributed by atoms with E-state index in [4.69, 9.17) is 9.47 Å². The number of thioether (sulfide) groups is 1. The number of ether oxygens (including phenoxy) is 3. The Morgan fingerprint density at radius 2 is 1.79 bits per heavy atom. The van der Waals surface area contributed by atoms with Gasteiger partial charge in [-0.3, -0.25) is 0 Å². The Hall–Kier alpha value is -2.79. The third kappa shape index (κ3) is 7.10. The van der Waals surface area contributed by atoms with E-state index in [1.807, 2.05) is 25.1 Å². The summed E-state index contributed by atoms with van der Waals surface area (Å²) in [5, 5.41) is 0.775. The highest BCUT2D eigenvalue weighted by Crippen LogP contribution is 2.31. The number of rotatable bonds is 9. The van der Waals surface area contributed by atoms with Crippen LogP contribution in [-0.4, -0.2) is 33.9 Å². The number of hydrogen-bond acceptors (Lipinski definition) is 8. The summed E-state index contributed by atoms with van der Waals surface area (Å²) in [5.74, 6) is 0.887. The third-order valence-corrected chi connectivity index (χ3v) is 6.35. The van der Waals surface area contributed by atoms with Gasteiger partial charge in [-0.1, -0.05) is 0 Å². The maximum atomic E-state index is 12.3. The zero-order valence-electron chi connectivity index (χ0n) is 18.9. The number of aryl methyl sites for hydroxylation is 1. The van der Waals surface area contributed by atoms with E-state index in [0.29, 0.717) is 22.9 Å².